The van der Waals surface area contributed by atoms with Crippen molar-refractivity contribution in [1.29, 1.82) is 0 Å². The molecule has 0 saturated heterocycles. The van der Waals surface area contributed by atoms with E-state index < -0.39 is 0 Å². The normalized spacial score (nSPS) is 13.6. The molecule has 138 valence electrons. The van der Waals surface area contributed by atoms with Crippen molar-refractivity contribution in [2.75, 3.05) is 6.54 Å². The number of rotatable bonds is 5. The number of nitrogens with zero attached hydrogens (tertiary/aromatic N) is 7. The summed E-state index contributed by atoms with van der Waals surface area (Å²) in [5.41, 5.74) is 5.69. The molecule has 0 aliphatic carbocycles. The highest BCUT2D eigenvalue weighted by atomic mass is 32.1. The number of hydrogen-bond acceptors (Lipinski definition) is 6. The summed E-state index contributed by atoms with van der Waals surface area (Å²) in [5, 5.41) is 19.3. The number of H-pyrrole nitrogens is 1. The van der Waals surface area contributed by atoms with Crippen LogP contribution in [0.3, 0.4) is 0 Å². The lowest BCUT2D eigenvalue weighted by Gasteiger charge is -2.23. The van der Waals surface area contributed by atoms with E-state index in [9.17, 15) is 0 Å². The van der Waals surface area contributed by atoms with E-state index >= 15 is 0 Å². The Kier molecular flexibility index (Phi) is 3.82. The molecule has 0 bridgehead atoms. The minimum Gasteiger partial charge on any atom is -0.329 e. The summed E-state index contributed by atoms with van der Waals surface area (Å²) >= 11 is 1.74. The van der Waals surface area contributed by atoms with Gasteiger partial charge in [0.2, 0.25) is 0 Å². The molecule has 0 fully saturated rings. The molecular formula is C18H20N8S. The number of aryl methyl sites for hydroxylation is 2. The Bertz CT molecular complexity index is 1110. The first-order chi connectivity index (χ1) is 13.2. The van der Waals surface area contributed by atoms with E-state index in [1.807, 2.05) is 30.2 Å². The predicted molar refractivity (Wildman–Crippen MR) is 105 cm³/mol. The molecule has 9 heteroatoms. The lowest BCUT2D eigenvalue weighted by molar-refractivity contribution is 0.273. The van der Waals surface area contributed by atoms with Crippen LogP contribution >= 0.6 is 11.3 Å². The van der Waals surface area contributed by atoms with Crippen LogP contribution in [0, 0.1) is 0 Å². The van der Waals surface area contributed by atoms with Gasteiger partial charge in [-0.2, -0.15) is 15.3 Å². The first-order valence-corrected chi connectivity index (χ1v) is 9.71. The maximum Gasteiger partial charge on any atom is 0.152 e. The van der Waals surface area contributed by atoms with Crippen LogP contribution in [0.4, 0.5) is 0 Å². The minimum atomic E-state index is 0.779. The Morgan fingerprint density at radius 3 is 2.96 bits per heavy atom. The highest BCUT2D eigenvalue weighted by Crippen LogP contribution is 2.32. The molecule has 27 heavy (non-hydrogen) atoms. The van der Waals surface area contributed by atoms with Crippen LogP contribution in [0.15, 0.2) is 29.6 Å². The van der Waals surface area contributed by atoms with Crippen LogP contribution < -0.4 is 0 Å². The molecular weight excluding hydrogens is 360 g/mol. The number of thiazole rings is 1. The van der Waals surface area contributed by atoms with E-state index in [0.717, 1.165) is 48.0 Å². The van der Waals surface area contributed by atoms with Gasteiger partial charge in [-0.05, 0) is 12.1 Å². The largest absolute Gasteiger partial charge is 0.329 e. The summed E-state index contributed by atoms with van der Waals surface area (Å²) in [6, 6.07) is 4.05. The fourth-order valence-corrected chi connectivity index (χ4v) is 4.62. The second-order valence-corrected chi connectivity index (χ2v) is 7.89. The van der Waals surface area contributed by atoms with Crippen LogP contribution in [0.2, 0.25) is 0 Å². The monoisotopic (exact) mass is 380 g/mol. The summed E-state index contributed by atoms with van der Waals surface area (Å²) in [4.78, 5) is 4.85. The highest BCUT2D eigenvalue weighted by molar-refractivity contribution is 7.19. The van der Waals surface area contributed by atoms with Crippen molar-refractivity contribution in [3.63, 3.8) is 0 Å². The third-order valence-electron chi connectivity index (χ3n) is 4.91. The van der Waals surface area contributed by atoms with Gasteiger partial charge in [0, 0.05) is 57.1 Å². The summed E-state index contributed by atoms with van der Waals surface area (Å²) in [7, 11) is 4.04. The SMILES string of the molecule is Cn1ccc(CCN2Cc3c(c4sc(Cc5ccn[nH]5)nc4n3C)C=N2)n1. The van der Waals surface area contributed by atoms with Crippen molar-refractivity contribution in [2.45, 2.75) is 19.4 Å². The molecule has 1 aliphatic rings. The van der Waals surface area contributed by atoms with E-state index in [2.05, 4.69) is 43.1 Å². The third-order valence-corrected chi connectivity index (χ3v) is 5.99. The van der Waals surface area contributed by atoms with Crippen LogP contribution in [0.1, 0.15) is 27.7 Å². The van der Waals surface area contributed by atoms with Crippen molar-refractivity contribution in [2.24, 2.45) is 19.2 Å². The van der Waals surface area contributed by atoms with Gasteiger partial charge in [-0.25, -0.2) is 4.98 Å². The van der Waals surface area contributed by atoms with E-state index in [1.54, 1.807) is 17.5 Å². The van der Waals surface area contributed by atoms with Crippen molar-refractivity contribution >= 4 is 27.9 Å². The van der Waals surface area contributed by atoms with E-state index in [4.69, 9.17) is 4.98 Å². The summed E-state index contributed by atoms with van der Waals surface area (Å²) in [6.45, 7) is 1.65. The molecule has 1 N–H and O–H groups in total. The van der Waals surface area contributed by atoms with Crippen LogP contribution in [0.5, 0.6) is 0 Å². The number of aromatic amines is 1. The smallest absolute Gasteiger partial charge is 0.152 e. The van der Waals surface area contributed by atoms with Gasteiger partial charge in [0.05, 0.1) is 28.8 Å². The van der Waals surface area contributed by atoms with Crippen LogP contribution in [-0.4, -0.2) is 47.3 Å². The number of aromatic nitrogens is 6. The van der Waals surface area contributed by atoms with Gasteiger partial charge < -0.3 is 4.57 Å². The predicted octanol–water partition coefficient (Wildman–Crippen LogP) is 2.07. The zero-order chi connectivity index (χ0) is 18.4. The lowest BCUT2D eigenvalue weighted by atomic mass is 10.2. The average molecular weight is 380 g/mol. The third kappa shape index (κ3) is 2.93. The van der Waals surface area contributed by atoms with Gasteiger partial charge in [0.25, 0.3) is 0 Å². The van der Waals surface area contributed by atoms with Crippen LogP contribution in [-0.2, 0) is 33.5 Å². The Morgan fingerprint density at radius 1 is 1.26 bits per heavy atom. The summed E-state index contributed by atoms with van der Waals surface area (Å²) in [6.07, 6.45) is 7.40. The molecule has 4 aromatic rings. The number of hydrogen-bond donors (Lipinski definition) is 1. The quantitative estimate of drug-likeness (QED) is 0.575. The molecule has 0 aromatic carbocycles. The molecule has 4 aromatic heterocycles. The van der Waals surface area contributed by atoms with Crippen molar-refractivity contribution in [1.82, 2.24) is 34.5 Å². The lowest BCUT2D eigenvalue weighted by Crippen LogP contribution is -2.25. The maximum atomic E-state index is 4.85. The molecule has 0 amide bonds. The zero-order valence-electron chi connectivity index (χ0n) is 15.3. The fraction of sp³-hybridized carbons (Fsp3) is 0.333. The Hall–Kier alpha value is -2.94. The molecule has 0 spiro atoms. The molecule has 0 unspecified atom stereocenters. The van der Waals surface area contributed by atoms with Gasteiger partial charge in [0.1, 0.15) is 5.01 Å². The first kappa shape index (κ1) is 16.2. The van der Waals surface area contributed by atoms with Crippen LogP contribution in [0.25, 0.3) is 10.3 Å². The maximum absolute atomic E-state index is 4.85. The van der Waals surface area contributed by atoms with E-state index in [-0.39, 0.29) is 0 Å². The Morgan fingerprint density at radius 2 is 2.19 bits per heavy atom. The Balaban J connectivity index is 1.36. The first-order valence-electron chi connectivity index (χ1n) is 8.90. The molecule has 0 radical (unpaired) electrons. The molecule has 0 atom stereocenters. The zero-order valence-corrected chi connectivity index (χ0v) is 16.1. The second kappa shape index (κ2) is 6.34. The fourth-order valence-electron chi connectivity index (χ4n) is 3.47. The highest BCUT2D eigenvalue weighted by Gasteiger charge is 2.23. The van der Waals surface area contributed by atoms with E-state index in [1.165, 1.54) is 16.0 Å². The second-order valence-electron chi connectivity index (χ2n) is 6.80. The number of fused-ring (bicyclic) bond motifs is 3. The average Bonchev–Trinajstić information content (AvgIpc) is 3.43. The van der Waals surface area contributed by atoms with E-state index in [0.29, 0.717) is 0 Å². The summed E-state index contributed by atoms with van der Waals surface area (Å²) < 4.78 is 5.26. The topological polar surface area (TPSA) is 79.9 Å². The van der Waals surface area contributed by atoms with Crippen molar-refractivity contribution in [3.05, 3.63) is 52.2 Å². The van der Waals surface area contributed by atoms with Crippen molar-refractivity contribution in [3.8, 4) is 0 Å². The van der Waals surface area contributed by atoms with Gasteiger partial charge >= 0.3 is 0 Å². The number of nitrogens with one attached hydrogen (secondary N) is 1. The molecule has 1 aliphatic heterocycles. The van der Waals surface area contributed by atoms with Gasteiger partial charge in [-0.3, -0.25) is 14.8 Å². The molecule has 5 heterocycles. The summed E-state index contributed by atoms with van der Waals surface area (Å²) in [5.74, 6) is 0. The molecule has 5 rings (SSSR count). The minimum absolute atomic E-state index is 0.779. The van der Waals surface area contributed by atoms with Gasteiger partial charge in [-0.15, -0.1) is 11.3 Å². The Labute approximate surface area is 160 Å². The molecule has 8 nitrogen and oxygen atoms in total. The molecule has 0 saturated carbocycles. The standard InChI is InChI=1S/C18H20N8S/c1-24-7-4-12(23-24)5-8-26-11-15-14(10-20-26)17-18(25(15)2)21-16(27-17)9-13-3-6-19-22-13/h3-4,6-7,10H,5,8-9,11H2,1-2H3,(H,19,22). The van der Waals surface area contributed by atoms with Crippen molar-refractivity contribution < 1.29 is 0 Å². The number of hydrazone groups is 1. The van der Waals surface area contributed by atoms with Gasteiger partial charge in [-0.1, -0.05) is 0 Å². The van der Waals surface area contributed by atoms with Gasteiger partial charge in [0.15, 0.2) is 5.65 Å².